The molecule has 0 saturated carbocycles. The normalized spacial score (nSPS) is 20.1. The van der Waals surface area contributed by atoms with E-state index >= 15 is 0 Å². The summed E-state index contributed by atoms with van der Waals surface area (Å²) in [7, 11) is 0. The molecule has 2 aromatic rings. The topological polar surface area (TPSA) is 51.7 Å². The lowest BCUT2D eigenvalue weighted by molar-refractivity contribution is -0.134. The van der Waals surface area contributed by atoms with Gasteiger partial charge in [0, 0.05) is 36.0 Å². The van der Waals surface area contributed by atoms with E-state index in [0.717, 1.165) is 42.0 Å². The highest BCUT2D eigenvalue weighted by Crippen LogP contribution is 2.50. The Bertz CT molecular complexity index is 1100. The molecule has 3 atom stereocenters. The van der Waals surface area contributed by atoms with Crippen LogP contribution in [0.15, 0.2) is 30.6 Å². The van der Waals surface area contributed by atoms with Gasteiger partial charge in [-0.15, -0.1) is 0 Å². The summed E-state index contributed by atoms with van der Waals surface area (Å²) in [6.07, 6.45) is 13.7. The van der Waals surface area contributed by atoms with E-state index in [4.69, 9.17) is 9.47 Å². The van der Waals surface area contributed by atoms with Crippen LogP contribution in [-0.4, -0.2) is 35.0 Å². The fourth-order valence-electron chi connectivity index (χ4n) is 6.13. The van der Waals surface area contributed by atoms with E-state index in [1.54, 1.807) is 6.20 Å². The third kappa shape index (κ3) is 6.59. The van der Waals surface area contributed by atoms with Crippen LogP contribution < -0.4 is 9.47 Å². The number of benzene rings is 1. The van der Waals surface area contributed by atoms with Crippen molar-refractivity contribution < 1.29 is 14.3 Å². The van der Waals surface area contributed by atoms with E-state index in [2.05, 4.69) is 63.6 Å². The molecule has 1 aromatic heterocycles. The maximum Gasteiger partial charge on any atom is 0.311 e. The number of pyridine rings is 1. The van der Waals surface area contributed by atoms with Gasteiger partial charge in [-0.1, -0.05) is 52.9 Å². The SMILES string of the molecule is CCCCCC(C)C(C)c1cc(OC(=O)CCCN2CCCCC2C)c2c(c1)OC(C)(C)c1ccncc1-2. The fourth-order valence-corrected chi connectivity index (χ4v) is 6.13. The average Bonchev–Trinajstić information content (AvgIpc) is 2.89. The van der Waals surface area contributed by atoms with E-state index in [0.29, 0.717) is 30.0 Å². The second kappa shape index (κ2) is 12.6. The number of nitrogens with zero attached hydrogens (tertiary/aromatic N) is 2. The van der Waals surface area contributed by atoms with Crippen LogP contribution in [0.5, 0.6) is 11.5 Å². The molecule has 1 fully saturated rings. The largest absolute Gasteiger partial charge is 0.482 e. The summed E-state index contributed by atoms with van der Waals surface area (Å²) in [5.74, 6) is 2.07. The van der Waals surface area contributed by atoms with Gasteiger partial charge in [0.15, 0.2) is 0 Å². The summed E-state index contributed by atoms with van der Waals surface area (Å²) >= 11 is 0. The Morgan fingerprint density at radius 1 is 1.21 bits per heavy atom. The first-order chi connectivity index (χ1) is 18.2. The van der Waals surface area contributed by atoms with Gasteiger partial charge in [0.2, 0.25) is 0 Å². The number of hydrogen-bond donors (Lipinski definition) is 0. The lowest BCUT2D eigenvalue weighted by Crippen LogP contribution is -2.38. The van der Waals surface area contributed by atoms with Gasteiger partial charge in [-0.25, -0.2) is 0 Å². The second-order valence-corrected chi connectivity index (χ2v) is 12.1. The number of fused-ring (bicyclic) bond motifs is 3. The van der Waals surface area contributed by atoms with Gasteiger partial charge in [0.1, 0.15) is 17.1 Å². The Kier molecular flexibility index (Phi) is 9.51. The number of carbonyl (C=O) groups is 1. The first kappa shape index (κ1) is 28.6. The monoisotopic (exact) mass is 520 g/mol. The first-order valence-electron chi connectivity index (χ1n) is 15.0. The van der Waals surface area contributed by atoms with Gasteiger partial charge in [-0.3, -0.25) is 9.78 Å². The molecule has 2 aliphatic rings. The lowest BCUT2D eigenvalue weighted by Gasteiger charge is -2.36. The standard InChI is InChI=1S/C33H48N2O3/c1-7-8-9-13-23(2)25(4)26-20-29(37-31(36)15-12-19-35-18-11-10-14-24(35)3)32-27-22-34-17-16-28(27)33(5,6)38-30(32)21-26/h16-17,20-25H,7-15,18-19H2,1-6H3. The van der Waals surface area contributed by atoms with Crippen molar-refractivity contribution in [2.24, 2.45) is 5.92 Å². The predicted octanol–water partition coefficient (Wildman–Crippen LogP) is 8.26. The Morgan fingerprint density at radius 2 is 2.03 bits per heavy atom. The Morgan fingerprint density at radius 3 is 2.79 bits per heavy atom. The predicted molar refractivity (Wildman–Crippen MR) is 155 cm³/mol. The number of aromatic nitrogens is 1. The Hall–Kier alpha value is -2.40. The molecule has 1 aromatic carbocycles. The van der Waals surface area contributed by atoms with Crippen LogP contribution in [0.3, 0.4) is 0 Å². The van der Waals surface area contributed by atoms with Crippen molar-refractivity contribution in [2.45, 2.75) is 117 Å². The van der Waals surface area contributed by atoms with E-state index in [-0.39, 0.29) is 5.97 Å². The maximum absolute atomic E-state index is 13.2. The molecule has 0 amide bonds. The van der Waals surface area contributed by atoms with Crippen LogP contribution in [0.1, 0.15) is 116 Å². The number of ether oxygens (including phenoxy) is 2. The Balaban J connectivity index is 1.59. The summed E-state index contributed by atoms with van der Waals surface area (Å²) in [5.41, 5.74) is 3.57. The van der Waals surface area contributed by atoms with Crippen LogP contribution in [0.2, 0.25) is 0 Å². The highest BCUT2D eigenvalue weighted by atomic mass is 16.5. The fraction of sp³-hybridized carbons (Fsp3) is 0.636. The number of esters is 1. The minimum absolute atomic E-state index is 0.173. The second-order valence-electron chi connectivity index (χ2n) is 12.1. The minimum atomic E-state index is -0.494. The van der Waals surface area contributed by atoms with Crippen molar-refractivity contribution in [1.29, 1.82) is 0 Å². The number of hydrogen-bond acceptors (Lipinski definition) is 5. The van der Waals surface area contributed by atoms with Crippen molar-refractivity contribution >= 4 is 5.97 Å². The summed E-state index contributed by atoms with van der Waals surface area (Å²) in [4.78, 5) is 20.1. The zero-order valence-corrected chi connectivity index (χ0v) is 24.5. The van der Waals surface area contributed by atoms with Gasteiger partial charge >= 0.3 is 5.97 Å². The van der Waals surface area contributed by atoms with Crippen LogP contribution >= 0.6 is 0 Å². The molecular weight excluding hydrogens is 472 g/mol. The molecule has 0 bridgehead atoms. The van der Waals surface area contributed by atoms with Crippen molar-refractivity contribution in [3.63, 3.8) is 0 Å². The summed E-state index contributed by atoms with van der Waals surface area (Å²) in [6, 6.07) is 6.87. The van der Waals surface area contributed by atoms with Crippen molar-refractivity contribution in [2.75, 3.05) is 13.1 Å². The number of rotatable bonds is 11. The molecule has 0 N–H and O–H groups in total. The smallest absolute Gasteiger partial charge is 0.311 e. The molecule has 0 radical (unpaired) electrons. The summed E-state index contributed by atoms with van der Waals surface area (Å²) < 4.78 is 12.7. The molecule has 2 aliphatic heterocycles. The van der Waals surface area contributed by atoms with Gasteiger partial charge in [0.25, 0.3) is 0 Å². The highest BCUT2D eigenvalue weighted by Gasteiger charge is 2.36. The van der Waals surface area contributed by atoms with Crippen LogP contribution in [0.25, 0.3) is 11.1 Å². The molecular formula is C33H48N2O3. The quantitative estimate of drug-likeness (QED) is 0.170. The molecule has 3 heterocycles. The van der Waals surface area contributed by atoms with Crippen molar-refractivity contribution in [3.8, 4) is 22.6 Å². The third-order valence-corrected chi connectivity index (χ3v) is 8.83. The minimum Gasteiger partial charge on any atom is -0.482 e. The van der Waals surface area contributed by atoms with Gasteiger partial charge in [-0.2, -0.15) is 0 Å². The summed E-state index contributed by atoms with van der Waals surface area (Å²) in [5, 5.41) is 0. The summed E-state index contributed by atoms with van der Waals surface area (Å²) in [6.45, 7) is 15.4. The van der Waals surface area contributed by atoms with Gasteiger partial charge < -0.3 is 14.4 Å². The zero-order chi connectivity index (χ0) is 27.3. The number of likely N-dealkylation sites (tertiary alicyclic amines) is 1. The van der Waals surface area contributed by atoms with Crippen molar-refractivity contribution in [3.05, 3.63) is 41.7 Å². The van der Waals surface area contributed by atoms with Gasteiger partial charge in [-0.05, 0) is 88.7 Å². The highest BCUT2D eigenvalue weighted by molar-refractivity contribution is 5.85. The lowest BCUT2D eigenvalue weighted by atomic mass is 9.82. The van der Waals surface area contributed by atoms with E-state index in [9.17, 15) is 4.79 Å². The van der Waals surface area contributed by atoms with Gasteiger partial charge in [0.05, 0.1) is 5.56 Å². The molecule has 38 heavy (non-hydrogen) atoms. The molecule has 5 heteroatoms. The maximum atomic E-state index is 13.2. The van der Waals surface area contributed by atoms with E-state index in [1.807, 2.05) is 12.3 Å². The molecule has 208 valence electrons. The number of piperidine rings is 1. The van der Waals surface area contributed by atoms with Crippen LogP contribution in [0, 0.1) is 5.92 Å². The van der Waals surface area contributed by atoms with E-state index < -0.39 is 5.60 Å². The molecule has 3 unspecified atom stereocenters. The molecule has 4 rings (SSSR count). The molecule has 1 saturated heterocycles. The molecule has 5 nitrogen and oxygen atoms in total. The third-order valence-electron chi connectivity index (χ3n) is 8.83. The molecule has 0 aliphatic carbocycles. The van der Waals surface area contributed by atoms with E-state index in [1.165, 1.54) is 50.5 Å². The number of unbranched alkanes of at least 4 members (excludes halogenated alkanes) is 2. The first-order valence-corrected chi connectivity index (χ1v) is 15.0. The number of carbonyl (C=O) groups excluding carboxylic acids is 1. The van der Waals surface area contributed by atoms with Crippen molar-refractivity contribution in [1.82, 2.24) is 9.88 Å². The average molecular weight is 521 g/mol. The van der Waals surface area contributed by atoms with Crippen LogP contribution in [-0.2, 0) is 10.4 Å². The van der Waals surface area contributed by atoms with Crippen LogP contribution in [0.4, 0.5) is 0 Å². The Labute approximate surface area is 230 Å². The molecule has 0 spiro atoms. The zero-order valence-electron chi connectivity index (χ0n) is 24.5.